The zero-order chi connectivity index (χ0) is 13.8. The molecule has 0 aliphatic carbocycles. The van der Waals surface area contributed by atoms with E-state index in [0.29, 0.717) is 9.20 Å². The van der Waals surface area contributed by atoms with Crippen LogP contribution in [0.5, 0.6) is 5.75 Å². The Kier molecular flexibility index (Phi) is 3.83. The molecule has 0 spiro atoms. The summed E-state index contributed by atoms with van der Waals surface area (Å²) in [4.78, 5) is 12.0. The van der Waals surface area contributed by atoms with Gasteiger partial charge in [0, 0.05) is 13.1 Å². The predicted octanol–water partition coefficient (Wildman–Crippen LogP) is 0.588. The van der Waals surface area contributed by atoms with Crippen LogP contribution in [0, 0.1) is 11.3 Å². The first-order chi connectivity index (χ1) is 9.15. The minimum atomic E-state index is -0.0951. The van der Waals surface area contributed by atoms with Gasteiger partial charge >= 0.3 is 0 Å². The largest absolute Gasteiger partial charge is 0.497 e. The monoisotopic (exact) mass is 272 g/mol. The van der Waals surface area contributed by atoms with Gasteiger partial charge in [-0.05, 0) is 23.8 Å². The van der Waals surface area contributed by atoms with Crippen LogP contribution in [0.1, 0.15) is 5.56 Å². The van der Waals surface area contributed by atoms with Crippen molar-refractivity contribution < 1.29 is 4.74 Å². The minimum absolute atomic E-state index is 0.0951. The van der Waals surface area contributed by atoms with E-state index < -0.39 is 0 Å². The Morgan fingerprint density at radius 1 is 1.37 bits per heavy atom. The number of ether oxygens (including phenoxy) is 1. The van der Waals surface area contributed by atoms with E-state index >= 15 is 0 Å². The molecule has 0 amide bonds. The van der Waals surface area contributed by atoms with E-state index in [9.17, 15) is 4.79 Å². The Bertz CT molecular complexity index is 792. The molecule has 0 radical (unpaired) electrons. The van der Waals surface area contributed by atoms with Crippen LogP contribution in [0.4, 0.5) is 0 Å². The van der Waals surface area contributed by atoms with Gasteiger partial charge in [-0.25, -0.2) is 0 Å². The summed E-state index contributed by atoms with van der Waals surface area (Å²) in [5.41, 5.74) is 0.825. The summed E-state index contributed by atoms with van der Waals surface area (Å²) in [5, 5.41) is 8.65. The van der Waals surface area contributed by atoms with Gasteiger partial charge in [-0.3, -0.25) is 4.79 Å². The molecule has 0 bridgehead atoms. The molecule has 96 valence electrons. The van der Waals surface area contributed by atoms with Gasteiger partial charge in [-0.15, -0.1) is 11.3 Å². The first-order valence-corrected chi connectivity index (χ1v) is 6.39. The lowest BCUT2D eigenvalue weighted by Crippen LogP contribution is -2.28. The molecule has 0 fully saturated rings. The van der Waals surface area contributed by atoms with Crippen LogP contribution in [-0.4, -0.2) is 11.7 Å². The number of nitriles is 1. The Morgan fingerprint density at radius 2 is 2.05 bits per heavy atom. The topological polar surface area (TPSA) is 55.0 Å². The molecule has 1 heterocycles. The summed E-state index contributed by atoms with van der Waals surface area (Å²) in [6, 6.07) is 9.38. The quantitative estimate of drug-likeness (QED) is 0.804. The zero-order valence-electron chi connectivity index (χ0n) is 10.6. The van der Waals surface area contributed by atoms with Gasteiger partial charge in [0.05, 0.1) is 17.7 Å². The van der Waals surface area contributed by atoms with Crippen LogP contribution in [-0.2, 0) is 7.05 Å². The minimum Gasteiger partial charge on any atom is -0.497 e. The lowest BCUT2D eigenvalue weighted by atomic mass is 10.2. The van der Waals surface area contributed by atoms with Crippen molar-refractivity contribution in [1.29, 1.82) is 5.26 Å². The first-order valence-electron chi connectivity index (χ1n) is 5.57. The van der Waals surface area contributed by atoms with Gasteiger partial charge in [0.15, 0.2) is 0 Å². The van der Waals surface area contributed by atoms with Gasteiger partial charge in [-0.2, -0.15) is 5.26 Å². The van der Waals surface area contributed by atoms with Crippen molar-refractivity contribution in [3.8, 4) is 11.8 Å². The van der Waals surface area contributed by atoms with Crippen molar-refractivity contribution in [3.63, 3.8) is 0 Å². The number of hydrogen-bond acceptors (Lipinski definition) is 4. The second kappa shape index (κ2) is 5.55. The van der Waals surface area contributed by atoms with Gasteiger partial charge in [-0.1, -0.05) is 12.1 Å². The Labute approximate surface area is 114 Å². The van der Waals surface area contributed by atoms with E-state index in [2.05, 4.69) is 0 Å². The molecule has 0 atom stereocenters. The number of hydrogen-bond donors (Lipinski definition) is 0. The van der Waals surface area contributed by atoms with E-state index in [4.69, 9.17) is 10.00 Å². The fourth-order valence-electron chi connectivity index (χ4n) is 1.61. The summed E-state index contributed by atoms with van der Waals surface area (Å²) >= 11 is 1.30. The molecule has 0 N–H and O–H groups in total. The molecular weight excluding hydrogens is 260 g/mol. The van der Waals surface area contributed by atoms with Gasteiger partial charge in [0.1, 0.15) is 10.4 Å². The van der Waals surface area contributed by atoms with E-state index in [1.165, 1.54) is 22.0 Å². The molecule has 0 saturated heterocycles. The number of methoxy groups -OCH3 is 1. The third-order valence-electron chi connectivity index (χ3n) is 2.66. The molecular formula is C14H12N2O2S. The van der Waals surface area contributed by atoms with E-state index in [-0.39, 0.29) is 5.56 Å². The smallest absolute Gasteiger partial charge is 0.268 e. The molecule has 0 saturated carbocycles. The highest BCUT2D eigenvalue weighted by atomic mass is 32.1. The Hall–Kier alpha value is -2.32. The van der Waals surface area contributed by atoms with Gasteiger partial charge in [0.2, 0.25) is 0 Å². The van der Waals surface area contributed by atoms with Crippen LogP contribution in [0.25, 0.3) is 12.2 Å². The van der Waals surface area contributed by atoms with Crippen molar-refractivity contribution in [2.75, 3.05) is 7.11 Å². The average molecular weight is 272 g/mol. The highest BCUT2D eigenvalue weighted by Gasteiger charge is 2.00. The Morgan fingerprint density at radius 3 is 2.63 bits per heavy atom. The molecule has 0 unspecified atom stereocenters. The molecule has 0 aliphatic heterocycles. The summed E-state index contributed by atoms with van der Waals surface area (Å²) in [6.45, 7) is 0. The zero-order valence-corrected chi connectivity index (χ0v) is 11.4. The van der Waals surface area contributed by atoms with Crippen LogP contribution >= 0.6 is 11.3 Å². The Balaban J connectivity index is 2.55. The first kappa shape index (κ1) is 13.1. The molecule has 19 heavy (non-hydrogen) atoms. The molecule has 4 nitrogen and oxygen atoms in total. The molecule has 1 aromatic heterocycles. The maximum atomic E-state index is 12.0. The lowest BCUT2D eigenvalue weighted by Gasteiger charge is -1.98. The molecule has 0 aliphatic rings. The highest BCUT2D eigenvalue weighted by Crippen LogP contribution is 2.11. The molecule has 2 aromatic rings. The number of thiazole rings is 1. The maximum absolute atomic E-state index is 12.0. The fraction of sp³-hybridized carbons (Fsp3) is 0.143. The van der Waals surface area contributed by atoms with Crippen molar-refractivity contribution in [3.05, 3.63) is 49.4 Å². The van der Waals surface area contributed by atoms with Crippen LogP contribution in [0.2, 0.25) is 0 Å². The molecule has 1 aromatic carbocycles. The van der Waals surface area contributed by atoms with Gasteiger partial charge in [0.25, 0.3) is 5.56 Å². The summed E-state index contributed by atoms with van der Waals surface area (Å²) in [6.07, 6.45) is 3.18. The summed E-state index contributed by atoms with van der Waals surface area (Å²) < 4.78 is 7.81. The van der Waals surface area contributed by atoms with E-state index in [1.54, 1.807) is 20.2 Å². The number of aromatic nitrogens is 1. The van der Waals surface area contributed by atoms with Crippen molar-refractivity contribution >= 4 is 23.5 Å². The molecule has 2 rings (SSSR count). The number of rotatable bonds is 2. The maximum Gasteiger partial charge on any atom is 0.268 e. The highest BCUT2D eigenvalue weighted by molar-refractivity contribution is 7.07. The average Bonchev–Trinajstić information content (AvgIpc) is 2.69. The van der Waals surface area contributed by atoms with Crippen molar-refractivity contribution in [1.82, 2.24) is 4.57 Å². The van der Waals surface area contributed by atoms with Crippen LogP contribution in [0.15, 0.2) is 29.1 Å². The SMILES string of the molecule is COc1ccc(/C=c2\s/c(=C\C#N)n(C)c2=O)cc1. The van der Waals surface area contributed by atoms with E-state index in [1.807, 2.05) is 30.3 Å². The third-order valence-corrected chi connectivity index (χ3v) is 3.78. The van der Waals surface area contributed by atoms with Gasteiger partial charge < -0.3 is 9.30 Å². The third kappa shape index (κ3) is 2.75. The fourth-order valence-corrected chi connectivity index (χ4v) is 2.59. The standard InChI is InChI=1S/C14H12N2O2S/c1-16-13(7-8-15)19-12(14(16)17)9-10-3-5-11(18-2)6-4-10/h3-7,9H,1-2H3/b12-9-,13-7-. The lowest BCUT2D eigenvalue weighted by molar-refractivity contribution is 0.415. The van der Waals surface area contributed by atoms with Crippen LogP contribution in [0.3, 0.4) is 0 Å². The second-order valence-corrected chi connectivity index (χ2v) is 4.92. The van der Waals surface area contributed by atoms with Crippen LogP contribution < -0.4 is 19.5 Å². The second-order valence-electron chi connectivity index (χ2n) is 3.86. The normalized spacial score (nSPS) is 12.5. The number of nitrogens with zero attached hydrogens (tertiary/aromatic N) is 2. The predicted molar refractivity (Wildman–Crippen MR) is 75.4 cm³/mol. The molecule has 5 heteroatoms. The number of benzene rings is 1. The summed E-state index contributed by atoms with van der Waals surface area (Å²) in [5.74, 6) is 0.773. The van der Waals surface area contributed by atoms with Crippen molar-refractivity contribution in [2.45, 2.75) is 0 Å². The van der Waals surface area contributed by atoms with E-state index in [0.717, 1.165) is 11.3 Å². The summed E-state index contributed by atoms with van der Waals surface area (Å²) in [7, 11) is 3.27. The van der Waals surface area contributed by atoms with Crippen molar-refractivity contribution in [2.24, 2.45) is 7.05 Å².